The number of nitrogens with zero attached hydrogens (tertiary/aromatic N) is 3. The van der Waals surface area contributed by atoms with Crippen LogP contribution in [0.2, 0.25) is 5.02 Å². The minimum atomic E-state index is -0.417. The molecule has 0 bridgehead atoms. The van der Waals surface area contributed by atoms with Gasteiger partial charge in [0.15, 0.2) is 0 Å². The molecule has 0 aliphatic carbocycles. The first-order valence-electron chi connectivity index (χ1n) is 8.18. The largest absolute Gasteiger partial charge is 0.324 e. The number of halogens is 1. The van der Waals surface area contributed by atoms with Gasteiger partial charge in [-0.15, -0.1) is 0 Å². The molecule has 2 aromatic carbocycles. The Labute approximate surface area is 158 Å². The minimum absolute atomic E-state index is 0.242. The number of aromatic nitrogens is 4. The second-order valence-electron chi connectivity index (χ2n) is 5.85. The number of H-pyrrole nitrogens is 1. The van der Waals surface area contributed by atoms with Crippen molar-refractivity contribution in [2.75, 3.05) is 5.32 Å². The summed E-state index contributed by atoms with van der Waals surface area (Å²) in [6.45, 7) is -0.242. The zero-order chi connectivity index (χ0) is 18.8. The highest BCUT2D eigenvalue weighted by molar-refractivity contribution is 6.33. The van der Waals surface area contributed by atoms with E-state index < -0.39 is 5.91 Å². The van der Waals surface area contributed by atoms with Crippen molar-refractivity contribution in [1.29, 1.82) is 0 Å². The van der Waals surface area contributed by atoms with Crippen molar-refractivity contribution in [2.24, 2.45) is 0 Å². The average Bonchev–Trinajstić information content (AvgIpc) is 3.06. The number of anilines is 1. The number of imidazole rings is 1. The minimum Gasteiger partial charge on any atom is -0.324 e. The van der Waals surface area contributed by atoms with Crippen molar-refractivity contribution in [1.82, 2.24) is 19.7 Å². The maximum absolute atomic E-state index is 12.3. The van der Waals surface area contributed by atoms with Crippen LogP contribution in [-0.4, -0.2) is 25.7 Å². The molecule has 2 N–H and O–H groups in total. The molecule has 4 aromatic rings. The molecule has 0 unspecified atom stereocenters. The van der Waals surface area contributed by atoms with Gasteiger partial charge in [0.1, 0.15) is 6.54 Å². The van der Waals surface area contributed by atoms with Crippen molar-refractivity contribution in [3.63, 3.8) is 0 Å². The maximum atomic E-state index is 12.3. The zero-order valence-corrected chi connectivity index (χ0v) is 14.8. The first kappa shape index (κ1) is 17.0. The van der Waals surface area contributed by atoms with Crippen LogP contribution in [0.1, 0.15) is 0 Å². The van der Waals surface area contributed by atoms with E-state index in [0.29, 0.717) is 22.2 Å². The Kier molecular flexibility index (Phi) is 4.43. The van der Waals surface area contributed by atoms with E-state index in [0.717, 1.165) is 15.7 Å². The lowest BCUT2D eigenvalue weighted by Gasteiger charge is -2.08. The molecule has 0 aliphatic heterocycles. The van der Waals surface area contributed by atoms with E-state index in [1.54, 1.807) is 18.2 Å². The Balaban J connectivity index is 1.56. The lowest BCUT2D eigenvalue weighted by atomic mass is 10.1. The van der Waals surface area contributed by atoms with Crippen LogP contribution in [0.5, 0.6) is 0 Å². The van der Waals surface area contributed by atoms with Gasteiger partial charge in [-0.1, -0.05) is 41.9 Å². The molecule has 27 heavy (non-hydrogen) atoms. The molecular weight excluding hydrogens is 366 g/mol. The number of benzene rings is 2. The number of rotatable bonds is 4. The molecule has 0 aliphatic rings. The van der Waals surface area contributed by atoms with Crippen LogP contribution < -0.4 is 10.9 Å². The van der Waals surface area contributed by atoms with Crippen molar-refractivity contribution in [3.05, 3.63) is 76.0 Å². The summed E-state index contributed by atoms with van der Waals surface area (Å²) in [5.74, 6) is -0.100. The van der Waals surface area contributed by atoms with Gasteiger partial charge in [-0.3, -0.25) is 14.9 Å². The first-order chi connectivity index (χ1) is 13.1. The van der Waals surface area contributed by atoms with Crippen LogP contribution in [0, 0.1) is 0 Å². The standard InChI is InChI=1S/C19H14ClN5O2/c20-13-6-2-1-5-12(13)14-9-10-18(27)25(24-14)11-17(26)23-19-21-15-7-3-4-8-16(15)22-19/h1-10H,11H2,(H2,21,22,23,26). The number of fused-ring (bicyclic) bond motifs is 1. The van der Waals surface area contributed by atoms with E-state index in [2.05, 4.69) is 20.4 Å². The van der Waals surface area contributed by atoms with Gasteiger partial charge in [0, 0.05) is 11.6 Å². The summed E-state index contributed by atoms with van der Waals surface area (Å²) in [6, 6.07) is 17.5. The molecule has 0 fully saturated rings. The van der Waals surface area contributed by atoms with Crippen molar-refractivity contribution in [3.8, 4) is 11.3 Å². The number of carbonyl (C=O) groups is 1. The van der Waals surface area contributed by atoms with Crippen LogP contribution in [-0.2, 0) is 11.3 Å². The lowest BCUT2D eigenvalue weighted by Crippen LogP contribution is -2.29. The Morgan fingerprint density at radius 1 is 1.07 bits per heavy atom. The lowest BCUT2D eigenvalue weighted by molar-refractivity contribution is -0.117. The fraction of sp³-hybridized carbons (Fsp3) is 0.0526. The number of nitrogens with one attached hydrogen (secondary N) is 2. The number of hydrogen-bond donors (Lipinski definition) is 2. The third kappa shape index (κ3) is 3.58. The van der Waals surface area contributed by atoms with Crippen molar-refractivity contribution < 1.29 is 4.79 Å². The fourth-order valence-corrected chi connectivity index (χ4v) is 2.93. The highest BCUT2D eigenvalue weighted by atomic mass is 35.5. The molecule has 0 atom stereocenters. The fourth-order valence-electron chi connectivity index (χ4n) is 2.69. The van der Waals surface area contributed by atoms with E-state index in [-0.39, 0.29) is 12.1 Å². The summed E-state index contributed by atoms with van der Waals surface area (Å²) in [4.78, 5) is 31.7. The summed E-state index contributed by atoms with van der Waals surface area (Å²) >= 11 is 6.18. The molecule has 7 nitrogen and oxygen atoms in total. The van der Waals surface area contributed by atoms with Gasteiger partial charge < -0.3 is 4.98 Å². The number of para-hydroxylation sites is 2. The number of aromatic amines is 1. The Morgan fingerprint density at radius 2 is 1.85 bits per heavy atom. The van der Waals surface area contributed by atoms with Crippen molar-refractivity contribution >= 4 is 34.5 Å². The van der Waals surface area contributed by atoms with E-state index in [4.69, 9.17) is 11.6 Å². The molecule has 2 heterocycles. The van der Waals surface area contributed by atoms with Gasteiger partial charge in [0.05, 0.1) is 21.7 Å². The highest BCUT2D eigenvalue weighted by Crippen LogP contribution is 2.24. The number of carbonyl (C=O) groups excluding carboxylic acids is 1. The van der Waals surface area contributed by atoms with Gasteiger partial charge in [-0.25, -0.2) is 9.67 Å². The Morgan fingerprint density at radius 3 is 2.67 bits per heavy atom. The topological polar surface area (TPSA) is 92.7 Å². The quantitative estimate of drug-likeness (QED) is 0.570. The molecular formula is C19H14ClN5O2. The molecule has 0 radical (unpaired) electrons. The average molecular weight is 380 g/mol. The van der Waals surface area contributed by atoms with Gasteiger partial charge in [0.25, 0.3) is 5.56 Å². The predicted molar refractivity (Wildman–Crippen MR) is 104 cm³/mol. The summed E-state index contributed by atoms with van der Waals surface area (Å²) in [6.07, 6.45) is 0. The maximum Gasteiger partial charge on any atom is 0.267 e. The molecule has 134 valence electrons. The molecule has 0 saturated carbocycles. The summed E-state index contributed by atoms with van der Waals surface area (Å²) in [7, 11) is 0. The van der Waals surface area contributed by atoms with Gasteiger partial charge in [0.2, 0.25) is 11.9 Å². The Hall–Kier alpha value is -3.45. The molecule has 4 rings (SSSR count). The van der Waals surface area contributed by atoms with Gasteiger partial charge in [-0.05, 0) is 24.3 Å². The van der Waals surface area contributed by atoms with Gasteiger partial charge in [-0.2, -0.15) is 5.10 Å². The molecule has 8 heteroatoms. The molecule has 0 spiro atoms. The second kappa shape index (κ2) is 7.05. The van der Waals surface area contributed by atoms with E-state index in [1.165, 1.54) is 6.07 Å². The van der Waals surface area contributed by atoms with Crippen molar-refractivity contribution in [2.45, 2.75) is 6.54 Å². The van der Waals surface area contributed by atoms with Crippen LogP contribution in [0.3, 0.4) is 0 Å². The smallest absolute Gasteiger partial charge is 0.267 e. The van der Waals surface area contributed by atoms with Gasteiger partial charge >= 0.3 is 0 Å². The Bertz CT molecular complexity index is 1160. The van der Waals surface area contributed by atoms with E-state index >= 15 is 0 Å². The molecule has 0 saturated heterocycles. The van der Waals surface area contributed by atoms with Crippen LogP contribution in [0.25, 0.3) is 22.3 Å². The van der Waals surface area contributed by atoms with E-state index in [1.807, 2.05) is 36.4 Å². The predicted octanol–water partition coefficient (Wildman–Crippen LogP) is 3.08. The van der Waals surface area contributed by atoms with Crippen LogP contribution >= 0.6 is 11.6 Å². The SMILES string of the molecule is O=C(Cn1nc(-c2ccccc2Cl)ccc1=O)Nc1nc2ccccc2[nH]1. The first-order valence-corrected chi connectivity index (χ1v) is 8.55. The zero-order valence-electron chi connectivity index (χ0n) is 14.0. The van der Waals surface area contributed by atoms with Crippen LogP contribution in [0.15, 0.2) is 65.5 Å². The number of hydrogen-bond acceptors (Lipinski definition) is 4. The number of amides is 1. The normalized spacial score (nSPS) is 10.9. The third-order valence-corrected chi connectivity index (χ3v) is 4.29. The summed E-state index contributed by atoms with van der Waals surface area (Å²) < 4.78 is 1.09. The summed E-state index contributed by atoms with van der Waals surface area (Å²) in [5.41, 5.74) is 2.36. The van der Waals surface area contributed by atoms with E-state index in [9.17, 15) is 9.59 Å². The van der Waals surface area contributed by atoms with Crippen LogP contribution in [0.4, 0.5) is 5.95 Å². The third-order valence-electron chi connectivity index (χ3n) is 3.96. The second-order valence-corrected chi connectivity index (χ2v) is 6.25. The molecule has 1 amide bonds. The molecule has 2 aromatic heterocycles. The summed E-state index contributed by atoms with van der Waals surface area (Å²) in [5, 5.41) is 7.42. The monoisotopic (exact) mass is 379 g/mol. The highest BCUT2D eigenvalue weighted by Gasteiger charge is 2.11.